The molecule has 2 aromatic carbocycles. The van der Waals surface area contributed by atoms with Gasteiger partial charge in [-0.3, -0.25) is 9.78 Å². The van der Waals surface area contributed by atoms with E-state index in [2.05, 4.69) is 13.8 Å². The van der Waals surface area contributed by atoms with Gasteiger partial charge in [0, 0.05) is 31.8 Å². The Morgan fingerprint density at radius 2 is 1.11 bits per heavy atom. The molecule has 2 aliphatic rings. The summed E-state index contributed by atoms with van der Waals surface area (Å²) in [5.41, 5.74) is 1.98. The molecule has 4 rings (SSSR count). The summed E-state index contributed by atoms with van der Waals surface area (Å²) >= 11 is 0. The molecule has 0 spiro atoms. The highest BCUT2D eigenvalue weighted by Crippen LogP contribution is 2.22. The largest absolute Gasteiger partial charge is 0.493 e. The first-order valence-electron chi connectivity index (χ1n) is 9.60. The van der Waals surface area contributed by atoms with Crippen molar-refractivity contribution in [2.75, 3.05) is 26.4 Å². The lowest BCUT2D eigenvalue weighted by atomic mass is 9.76. The molecule has 2 aliphatic heterocycles. The van der Waals surface area contributed by atoms with Crippen LogP contribution in [-0.2, 0) is 18.6 Å². The van der Waals surface area contributed by atoms with Gasteiger partial charge in [0.2, 0.25) is 0 Å². The van der Waals surface area contributed by atoms with Crippen LogP contribution >= 0.6 is 0 Å². The number of benzene rings is 2. The van der Waals surface area contributed by atoms with Gasteiger partial charge >= 0.3 is 14.2 Å². The van der Waals surface area contributed by atoms with E-state index in [-0.39, 0.29) is 19.7 Å². The predicted octanol–water partition coefficient (Wildman–Crippen LogP) is 1.96. The van der Waals surface area contributed by atoms with E-state index in [4.69, 9.17) is 28.4 Å². The SMILES string of the molecule is CC1(C)COB(c2ccc(OOc3ccc(B4OCCCO4)cc3)cc2)OC1. The zero-order valence-electron chi connectivity index (χ0n) is 16.3. The second-order valence-electron chi connectivity index (χ2n) is 7.85. The Morgan fingerprint density at radius 3 is 1.57 bits per heavy atom. The highest BCUT2D eigenvalue weighted by Gasteiger charge is 2.33. The monoisotopic (exact) mass is 382 g/mol. The molecule has 2 saturated heterocycles. The summed E-state index contributed by atoms with van der Waals surface area (Å²) in [4.78, 5) is 10.8. The molecule has 0 N–H and O–H groups in total. The van der Waals surface area contributed by atoms with Crippen molar-refractivity contribution in [1.82, 2.24) is 0 Å². The average Bonchev–Trinajstić information content (AvgIpc) is 2.74. The maximum Gasteiger partial charge on any atom is 0.493 e. The van der Waals surface area contributed by atoms with Crippen molar-refractivity contribution < 1.29 is 28.4 Å². The van der Waals surface area contributed by atoms with Crippen LogP contribution in [0, 0.1) is 5.41 Å². The number of hydrogen-bond donors (Lipinski definition) is 0. The lowest BCUT2D eigenvalue weighted by molar-refractivity contribution is -0.0999. The maximum absolute atomic E-state index is 5.79. The third-order valence-electron chi connectivity index (χ3n) is 4.62. The summed E-state index contributed by atoms with van der Waals surface area (Å²) in [5.74, 6) is 1.20. The topological polar surface area (TPSA) is 55.4 Å². The van der Waals surface area contributed by atoms with E-state index in [1.165, 1.54) is 0 Å². The third-order valence-corrected chi connectivity index (χ3v) is 4.62. The number of rotatable bonds is 5. The summed E-state index contributed by atoms with van der Waals surface area (Å²) in [7, 11) is -0.633. The Hall–Kier alpha value is -1.99. The van der Waals surface area contributed by atoms with Crippen molar-refractivity contribution in [2.45, 2.75) is 20.3 Å². The van der Waals surface area contributed by atoms with Gasteiger partial charge in [-0.15, -0.1) is 0 Å². The van der Waals surface area contributed by atoms with Crippen molar-refractivity contribution in [1.29, 1.82) is 0 Å². The molecule has 0 unspecified atom stereocenters. The van der Waals surface area contributed by atoms with Crippen LogP contribution < -0.4 is 20.7 Å². The van der Waals surface area contributed by atoms with Crippen LogP contribution in [0.4, 0.5) is 0 Å². The minimum atomic E-state index is -0.334. The summed E-state index contributed by atoms with van der Waals surface area (Å²) in [5, 5.41) is 0. The van der Waals surface area contributed by atoms with Crippen LogP contribution in [0.15, 0.2) is 48.5 Å². The minimum absolute atomic E-state index is 0.0537. The average molecular weight is 382 g/mol. The Balaban J connectivity index is 1.29. The van der Waals surface area contributed by atoms with Gasteiger partial charge in [0.05, 0.1) is 0 Å². The maximum atomic E-state index is 5.79. The van der Waals surface area contributed by atoms with E-state index in [1.54, 1.807) is 0 Å². The van der Waals surface area contributed by atoms with E-state index < -0.39 is 0 Å². The Bertz CT molecular complexity index is 749. The molecule has 0 bridgehead atoms. The van der Waals surface area contributed by atoms with Gasteiger partial charge in [-0.1, -0.05) is 38.1 Å². The predicted molar refractivity (Wildman–Crippen MR) is 107 cm³/mol. The fourth-order valence-corrected chi connectivity index (χ4v) is 3.02. The molecule has 28 heavy (non-hydrogen) atoms. The van der Waals surface area contributed by atoms with Crippen LogP contribution in [-0.4, -0.2) is 40.7 Å². The van der Waals surface area contributed by atoms with E-state index in [0.29, 0.717) is 24.7 Å². The summed E-state index contributed by atoms with van der Waals surface area (Å²) in [6.45, 7) is 7.03. The van der Waals surface area contributed by atoms with Crippen LogP contribution in [0.1, 0.15) is 20.3 Å². The molecule has 2 aromatic rings. The molecular formula is C20H24B2O6. The van der Waals surface area contributed by atoms with Gasteiger partial charge < -0.3 is 18.6 Å². The van der Waals surface area contributed by atoms with E-state index >= 15 is 0 Å². The first kappa shape index (κ1) is 19.3. The second kappa shape index (κ2) is 8.57. The Labute approximate surface area is 166 Å². The minimum Gasteiger partial charge on any atom is -0.407 e. The van der Waals surface area contributed by atoms with E-state index in [0.717, 1.165) is 30.6 Å². The molecule has 6 nitrogen and oxygen atoms in total. The zero-order chi connectivity index (χ0) is 19.4. The molecule has 2 heterocycles. The van der Waals surface area contributed by atoms with Crippen molar-refractivity contribution >= 4 is 25.2 Å². The summed E-state index contributed by atoms with van der Waals surface area (Å²) < 4.78 is 22.8. The van der Waals surface area contributed by atoms with Gasteiger partial charge in [-0.05, 0) is 41.6 Å². The Kier molecular flexibility index (Phi) is 5.92. The fourth-order valence-electron chi connectivity index (χ4n) is 3.02. The summed E-state index contributed by atoms with van der Waals surface area (Å²) in [6, 6.07) is 15.0. The highest BCUT2D eigenvalue weighted by atomic mass is 17.2. The smallest absolute Gasteiger partial charge is 0.407 e. The van der Waals surface area contributed by atoms with Crippen LogP contribution in [0.3, 0.4) is 0 Å². The van der Waals surface area contributed by atoms with Crippen molar-refractivity contribution in [3.63, 3.8) is 0 Å². The fraction of sp³-hybridized carbons (Fsp3) is 0.400. The van der Waals surface area contributed by atoms with Gasteiger partial charge in [0.25, 0.3) is 0 Å². The first-order chi connectivity index (χ1) is 13.6. The molecule has 2 fully saturated rings. The van der Waals surface area contributed by atoms with E-state index in [9.17, 15) is 0 Å². The molecule has 0 aromatic heterocycles. The third kappa shape index (κ3) is 4.89. The zero-order valence-corrected chi connectivity index (χ0v) is 16.3. The van der Waals surface area contributed by atoms with Crippen molar-refractivity contribution in [3.8, 4) is 11.5 Å². The molecule has 8 heteroatoms. The molecule has 146 valence electrons. The quantitative estimate of drug-likeness (QED) is 0.448. The molecule has 0 amide bonds. The molecule has 0 aliphatic carbocycles. The highest BCUT2D eigenvalue weighted by molar-refractivity contribution is 6.61. The van der Waals surface area contributed by atoms with Gasteiger partial charge in [0.1, 0.15) is 0 Å². The molecule has 0 saturated carbocycles. The summed E-state index contributed by atoms with van der Waals surface area (Å²) in [6.07, 6.45) is 0.932. The van der Waals surface area contributed by atoms with Crippen molar-refractivity contribution in [2.24, 2.45) is 5.41 Å². The number of hydrogen-bond acceptors (Lipinski definition) is 6. The molecular weight excluding hydrogens is 358 g/mol. The molecule has 0 atom stereocenters. The van der Waals surface area contributed by atoms with Gasteiger partial charge in [-0.25, -0.2) is 0 Å². The second-order valence-corrected chi connectivity index (χ2v) is 7.85. The lowest BCUT2D eigenvalue weighted by Crippen LogP contribution is -2.47. The first-order valence-corrected chi connectivity index (χ1v) is 9.60. The normalized spacial score (nSPS) is 19.4. The van der Waals surface area contributed by atoms with Crippen molar-refractivity contribution in [3.05, 3.63) is 48.5 Å². The van der Waals surface area contributed by atoms with Gasteiger partial charge in [-0.2, -0.15) is 0 Å². The van der Waals surface area contributed by atoms with Crippen LogP contribution in [0.25, 0.3) is 0 Å². The molecule has 0 radical (unpaired) electrons. The lowest BCUT2D eigenvalue weighted by Gasteiger charge is -2.33. The van der Waals surface area contributed by atoms with Crippen LogP contribution in [0.5, 0.6) is 11.5 Å². The van der Waals surface area contributed by atoms with Crippen LogP contribution in [0.2, 0.25) is 0 Å². The standard InChI is InChI=1S/C20H24B2O6/c1-20(2)14-25-22(26-15-20)17-6-10-19(11-7-17)28-27-18-8-4-16(5-9-18)21-23-12-3-13-24-21/h4-11H,3,12-15H2,1-2H3. The van der Waals surface area contributed by atoms with E-state index in [1.807, 2.05) is 48.5 Å². The Morgan fingerprint density at radius 1 is 0.679 bits per heavy atom. The van der Waals surface area contributed by atoms with Gasteiger partial charge in [0.15, 0.2) is 11.5 Å².